The van der Waals surface area contributed by atoms with Crippen LogP contribution >= 0.6 is 0 Å². The second-order valence-electron chi connectivity index (χ2n) is 4.15. The maximum absolute atomic E-state index is 12.9. The van der Waals surface area contributed by atoms with E-state index in [1.165, 1.54) is 36.6 Å². The zero-order valence-electron chi connectivity index (χ0n) is 10.4. The molecule has 0 fully saturated rings. The molecular formula is C14H12FNO4. The van der Waals surface area contributed by atoms with Gasteiger partial charge in [-0.25, -0.2) is 4.39 Å². The van der Waals surface area contributed by atoms with Crippen molar-refractivity contribution in [2.75, 3.05) is 0 Å². The van der Waals surface area contributed by atoms with Gasteiger partial charge in [0.05, 0.1) is 18.7 Å². The van der Waals surface area contributed by atoms with Crippen LogP contribution in [0.25, 0.3) is 0 Å². The van der Waals surface area contributed by atoms with Gasteiger partial charge in [-0.2, -0.15) is 0 Å². The monoisotopic (exact) mass is 277 g/mol. The van der Waals surface area contributed by atoms with Crippen molar-refractivity contribution in [2.45, 2.75) is 12.5 Å². The van der Waals surface area contributed by atoms with Crippen LogP contribution in [0.1, 0.15) is 28.6 Å². The third kappa shape index (κ3) is 3.44. The highest BCUT2D eigenvalue weighted by atomic mass is 19.1. The predicted molar refractivity (Wildman–Crippen MR) is 67.6 cm³/mol. The van der Waals surface area contributed by atoms with E-state index in [0.29, 0.717) is 5.56 Å². The van der Waals surface area contributed by atoms with Crippen molar-refractivity contribution in [1.82, 2.24) is 5.32 Å². The molecule has 104 valence electrons. The summed E-state index contributed by atoms with van der Waals surface area (Å²) in [7, 11) is 0. The van der Waals surface area contributed by atoms with E-state index in [9.17, 15) is 14.0 Å². The summed E-state index contributed by atoms with van der Waals surface area (Å²) in [6.07, 6.45) is 1.04. The molecule has 0 spiro atoms. The van der Waals surface area contributed by atoms with Crippen molar-refractivity contribution in [2.24, 2.45) is 0 Å². The maximum Gasteiger partial charge on any atom is 0.305 e. The first-order valence-electron chi connectivity index (χ1n) is 5.88. The van der Waals surface area contributed by atoms with E-state index in [1.54, 1.807) is 6.07 Å². The lowest BCUT2D eigenvalue weighted by Gasteiger charge is -2.16. The molecule has 0 saturated carbocycles. The Hall–Kier alpha value is -2.63. The number of furan rings is 1. The second kappa shape index (κ2) is 6.01. The van der Waals surface area contributed by atoms with Gasteiger partial charge in [-0.05, 0) is 29.8 Å². The summed E-state index contributed by atoms with van der Waals surface area (Å²) < 4.78 is 17.8. The smallest absolute Gasteiger partial charge is 0.305 e. The molecule has 2 rings (SSSR count). The van der Waals surface area contributed by atoms with E-state index in [2.05, 4.69) is 5.32 Å². The molecule has 2 N–H and O–H groups in total. The van der Waals surface area contributed by atoms with E-state index in [-0.39, 0.29) is 12.2 Å². The molecule has 1 aromatic carbocycles. The first-order chi connectivity index (χ1) is 9.56. The van der Waals surface area contributed by atoms with Crippen molar-refractivity contribution >= 4 is 11.9 Å². The SMILES string of the molecule is O=C(O)C[C@@H](NC(=O)c1ccco1)c1ccc(F)cc1. The first kappa shape index (κ1) is 13.8. The highest BCUT2D eigenvalue weighted by Crippen LogP contribution is 2.18. The number of nitrogens with one attached hydrogen (secondary N) is 1. The predicted octanol–water partition coefficient (Wildman–Crippen LogP) is 2.36. The molecule has 0 bridgehead atoms. The molecule has 20 heavy (non-hydrogen) atoms. The lowest BCUT2D eigenvalue weighted by atomic mass is 10.0. The molecule has 1 atom stereocenters. The van der Waals surface area contributed by atoms with Crippen molar-refractivity contribution in [3.05, 3.63) is 59.8 Å². The van der Waals surface area contributed by atoms with Gasteiger partial charge in [-0.15, -0.1) is 0 Å². The molecule has 0 aliphatic carbocycles. The van der Waals surface area contributed by atoms with Gasteiger partial charge >= 0.3 is 5.97 Å². The summed E-state index contributed by atoms with van der Waals surface area (Å²) in [6.45, 7) is 0. The average Bonchev–Trinajstić information content (AvgIpc) is 2.92. The van der Waals surface area contributed by atoms with Gasteiger partial charge in [-0.1, -0.05) is 12.1 Å². The maximum atomic E-state index is 12.9. The van der Waals surface area contributed by atoms with Gasteiger partial charge in [0, 0.05) is 0 Å². The number of carboxylic acids is 1. The van der Waals surface area contributed by atoms with E-state index in [1.807, 2.05) is 0 Å². The number of carbonyl (C=O) groups excluding carboxylic acids is 1. The van der Waals surface area contributed by atoms with Gasteiger partial charge < -0.3 is 14.8 Å². The lowest BCUT2D eigenvalue weighted by Crippen LogP contribution is -2.29. The minimum atomic E-state index is -1.07. The number of halogens is 1. The Morgan fingerprint density at radius 2 is 1.95 bits per heavy atom. The Morgan fingerprint density at radius 1 is 1.25 bits per heavy atom. The summed E-state index contributed by atoms with van der Waals surface area (Å²) in [5, 5.41) is 11.4. The number of aliphatic carboxylic acids is 1. The molecule has 5 nitrogen and oxygen atoms in total. The molecule has 0 saturated heterocycles. The van der Waals surface area contributed by atoms with Crippen LogP contribution in [0.5, 0.6) is 0 Å². The van der Waals surface area contributed by atoms with Crippen LogP contribution in [-0.4, -0.2) is 17.0 Å². The van der Waals surface area contributed by atoms with Crippen LogP contribution in [-0.2, 0) is 4.79 Å². The van der Waals surface area contributed by atoms with Gasteiger partial charge in [0.15, 0.2) is 5.76 Å². The highest BCUT2D eigenvalue weighted by Gasteiger charge is 2.20. The summed E-state index contributed by atoms with van der Waals surface area (Å²) in [6, 6.07) is 7.56. The van der Waals surface area contributed by atoms with Gasteiger partial charge in [0.25, 0.3) is 5.91 Å². The Labute approximate surface area is 114 Å². The third-order valence-corrected chi connectivity index (χ3v) is 2.70. The number of hydrogen-bond acceptors (Lipinski definition) is 3. The topological polar surface area (TPSA) is 79.5 Å². The van der Waals surface area contributed by atoms with Crippen molar-refractivity contribution in [3.8, 4) is 0 Å². The molecule has 0 aliphatic heterocycles. The first-order valence-corrected chi connectivity index (χ1v) is 5.88. The summed E-state index contributed by atoms with van der Waals surface area (Å²) in [5.41, 5.74) is 0.508. The molecule has 1 amide bonds. The number of carboxylic acid groups (broad SMARTS) is 1. The van der Waals surface area contributed by atoms with Crippen LogP contribution in [0.15, 0.2) is 47.1 Å². The molecule has 6 heteroatoms. The summed E-state index contributed by atoms with van der Waals surface area (Å²) >= 11 is 0. The summed E-state index contributed by atoms with van der Waals surface area (Å²) in [5.74, 6) is -1.94. The Balaban J connectivity index is 2.17. The largest absolute Gasteiger partial charge is 0.481 e. The van der Waals surface area contributed by atoms with Crippen LogP contribution in [0.3, 0.4) is 0 Å². The molecule has 0 aliphatic rings. The molecular weight excluding hydrogens is 265 g/mol. The molecule has 1 aromatic heterocycles. The fourth-order valence-corrected chi connectivity index (χ4v) is 1.76. The van der Waals surface area contributed by atoms with E-state index in [4.69, 9.17) is 9.52 Å². The van der Waals surface area contributed by atoms with E-state index >= 15 is 0 Å². The Bertz CT molecular complexity index is 592. The number of carbonyl (C=O) groups is 2. The van der Waals surface area contributed by atoms with E-state index < -0.39 is 23.7 Å². The number of benzene rings is 1. The van der Waals surface area contributed by atoms with E-state index in [0.717, 1.165) is 0 Å². The van der Waals surface area contributed by atoms with Crippen LogP contribution in [0.4, 0.5) is 4.39 Å². The van der Waals surface area contributed by atoms with Crippen LogP contribution in [0.2, 0.25) is 0 Å². The zero-order chi connectivity index (χ0) is 14.5. The van der Waals surface area contributed by atoms with Crippen molar-refractivity contribution in [1.29, 1.82) is 0 Å². The normalized spacial score (nSPS) is 11.8. The quantitative estimate of drug-likeness (QED) is 0.879. The third-order valence-electron chi connectivity index (χ3n) is 2.70. The fraction of sp³-hybridized carbons (Fsp3) is 0.143. The van der Waals surface area contributed by atoms with Gasteiger partial charge in [-0.3, -0.25) is 9.59 Å². The molecule has 1 heterocycles. The average molecular weight is 277 g/mol. The van der Waals surface area contributed by atoms with Gasteiger partial charge in [0.2, 0.25) is 0 Å². The fourth-order valence-electron chi connectivity index (χ4n) is 1.76. The highest BCUT2D eigenvalue weighted by molar-refractivity contribution is 5.91. The van der Waals surface area contributed by atoms with Crippen molar-refractivity contribution < 1.29 is 23.5 Å². The lowest BCUT2D eigenvalue weighted by molar-refractivity contribution is -0.137. The molecule has 0 unspecified atom stereocenters. The number of hydrogen-bond donors (Lipinski definition) is 2. The Kier molecular flexibility index (Phi) is 4.14. The molecule has 0 radical (unpaired) electrons. The number of amides is 1. The zero-order valence-corrected chi connectivity index (χ0v) is 10.4. The molecule has 2 aromatic rings. The van der Waals surface area contributed by atoms with Gasteiger partial charge in [0.1, 0.15) is 5.82 Å². The van der Waals surface area contributed by atoms with Crippen LogP contribution < -0.4 is 5.32 Å². The van der Waals surface area contributed by atoms with Crippen LogP contribution in [0, 0.1) is 5.82 Å². The number of rotatable bonds is 5. The minimum absolute atomic E-state index is 0.0856. The minimum Gasteiger partial charge on any atom is -0.481 e. The summed E-state index contributed by atoms with van der Waals surface area (Å²) in [4.78, 5) is 22.7. The standard InChI is InChI=1S/C14H12FNO4/c15-10-5-3-9(4-6-10)11(8-13(17)18)16-14(19)12-2-1-7-20-12/h1-7,11H,8H2,(H,16,19)(H,17,18)/t11-/m1/s1. The Morgan fingerprint density at radius 3 is 2.50 bits per heavy atom. The van der Waals surface area contributed by atoms with Crippen molar-refractivity contribution in [3.63, 3.8) is 0 Å². The second-order valence-corrected chi connectivity index (χ2v) is 4.15.